The number of fused-ring (bicyclic) bond motifs is 8. The highest BCUT2D eigenvalue weighted by atomic mass is 16.6. The first kappa shape index (κ1) is 36.2. The fraction of sp³-hybridized carbons (Fsp3) is 0.833. The molecule has 4 fully saturated rings. The summed E-state index contributed by atoms with van der Waals surface area (Å²) in [5, 5.41) is 7.87. The van der Waals surface area contributed by atoms with Crippen LogP contribution in [0.2, 0.25) is 0 Å². The Hall–Kier alpha value is -2.19. The van der Waals surface area contributed by atoms with Gasteiger partial charge in [-0.2, -0.15) is 5.10 Å². The fourth-order valence-corrected chi connectivity index (χ4v) is 13.3. The number of nitrogens with zero attached hydrogens (tertiary/aromatic N) is 3. The van der Waals surface area contributed by atoms with Crippen molar-refractivity contribution in [1.82, 2.24) is 20.0 Å². The molecule has 8 atom stereocenters. The highest BCUT2D eigenvalue weighted by Crippen LogP contribution is 2.75. The molecule has 1 aliphatic heterocycles. The van der Waals surface area contributed by atoms with Crippen LogP contribution < -0.4 is 5.73 Å². The Labute approximate surface area is 302 Å². The maximum absolute atomic E-state index is 15.5. The molecular weight excluding hydrogens is 622 g/mol. The number of piperazine rings is 1. The predicted molar refractivity (Wildman–Crippen MR) is 199 cm³/mol. The van der Waals surface area contributed by atoms with Gasteiger partial charge in [0, 0.05) is 48.3 Å². The van der Waals surface area contributed by atoms with Crippen LogP contribution in [-0.4, -0.2) is 76.6 Å². The fourth-order valence-electron chi connectivity index (χ4n) is 13.3. The summed E-state index contributed by atoms with van der Waals surface area (Å²) in [6, 6.07) is -0.850. The number of carbonyl (C=O) groups excluding carboxylic acids is 2. The van der Waals surface area contributed by atoms with Crippen molar-refractivity contribution in [1.29, 1.82) is 0 Å². The minimum Gasteiger partial charge on any atom is -0.458 e. The number of hydrogen-bond donors (Lipinski definition) is 2. The zero-order valence-electron chi connectivity index (χ0n) is 33.2. The van der Waals surface area contributed by atoms with E-state index >= 15 is 4.79 Å². The van der Waals surface area contributed by atoms with Crippen LogP contribution in [0.3, 0.4) is 0 Å². The van der Waals surface area contributed by atoms with Crippen LogP contribution >= 0.6 is 0 Å². The number of rotatable bonds is 4. The van der Waals surface area contributed by atoms with Crippen LogP contribution in [-0.2, 0) is 26.2 Å². The second-order valence-electron chi connectivity index (χ2n) is 20.9. The van der Waals surface area contributed by atoms with Gasteiger partial charge in [0.25, 0.3) is 0 Å². The van der Waals surface area contributed by atoms with E-state index in [0.29, 0.717) is 30.7 Å². The summed E-state index contributed by atoms with van der Waals surface area (Å²) in [5.74, 6) is 1.63. The number of carbonyl (C=O) groups is 2. The molecule has 50 heavy (non-hydrogen) atoms. The Kier molecular flexibility index (Phi) is 8.25. The number of allylic oxidation sites excluding steroid dienone is 2. The number of aromatic nitrogens is 2. The Morgan fingerprint density at radius 1 is 0.960 bits per heavy atom. The quantitative estimate of drug-likeness (QED) is 0.194. The first-order valence-corrected chi connectivity index (χ1v) is 19.8. The average molecular weight is 690 g/mol. The highest BCUT2D eigenvalue weighted by molar-refractivity contribution is 6.06. The van der Waals surface area contributed by atoms with Crippen molar-refractivity contribution >= 4 is 17.6 Å². The first-order valence-electron chi connectivity index (χ1n) is 19.8. The molecule has 4 unspecified atom stereocenters. The Morgan fingerprint density at radius 3 is 2.28 bits per heavy atom. The van der Waals surface area contributed by atoms with Gasteiger partial charge in [-0.05, 0) is 125 Å². The van der Waals surface area contributed by atoms with Gasteiger partial charge in [0.1, 0.15) is 11.4 Å². The van der Waals surface area contributed by atoms with Crippen molar-refractivity contribution < 1.29 is 14.3 Å². The molecule has 1 saturated heterocycles. The van der Waals surface area contributed by atoms with E-state index in [0.717, 1.165) is 58.0 Å². The monoisotopic (exact) mass is 690 g/mol. The van der Waals surface area contributed by atoms with Crippen molar-refractivity contribution in [3.05, 3.63) is 22.9 Å². The van der Waals surface area contributed by atoms with Gasteiger partial charge >= 0.3 is 5.97 Å². The molecule has 8 nitrogen and oxygen atoms in total. The number of nitrogens with one attached hydrogen (secondary N) is 1. The van der Waals surface area contributed by atoms with Crippen LogP contribution in [0.25, 0.3) is 0 Å². The lowest BCUT2D eigenvalue weighted by Gasteiger charge is -2.70. The van der Waals surface area contributed by atoms with E-state index in [2.05, 4.69) is 81.6 Å². The lowest BCUT2D eigenvalue weighted by molar-refractivity contribution is -0.176. The summed E-state index contributed by atoms with van der Waals surface area (Å²) in [5.41, 5.74) is 9.62. The molecule has 278 valence electrons. The maximum Gasteiger partial charge on any atom is 0.331 e. The largest absolute Gasteiger partial charge is 0.458 e. The van der Waals surface area contributed by atoms with E-state index in [9.17, 15) is 4.79 Å². The third-order valence-electron chi connectivity index (χ3n) is 16.1. The Bertz CT molecular complexity index is 1580. The van der Waals surface area contributed by atoms with Crippen LogP contribution in [0.4, 0.5) is 5.82 Å². The second-order valence-corrected chi connectivity index (χ2v) is 20.9. The first-order chi connectivity index (χ1) is 23.1. The van der Waals surface area contributed by atoms with Crippen molar-refractivity contribution in [3.8, 4) is 0 Å². The third-order valence-corrected chi connectivity index (χ3v) is 16.1. The lowest BCUT2D eigenvalue weighted by atomic mass is 9.33. The molecule has 8 heteroatoms. The molecule has 0 bridgehead atoms. The smallest absolute Gasteiger partial charge is 0.331 e. The number of aromatic amines is 1. The van der Waals surface area contributed by atoms with Crippen molar-refractivity contribution in [2.45, 2.75) is 144 Å². The summed E-state index contributed by atoms with van der Waals surface area (Å²) in [6.45, 7) is 26.2. The van der Waals surface area contributed by atoms with E-state index in [1.54, 1.807) is 0 Å². The zero-order valence-corrected chi connectivity index (χ0v) is 33.2. The van der Waals surface area contributed by atoms with Crippen molar-refractivity contribution in [2.24, 2.45) is 44.8 Å². The molecule has 1 aromatic heterocycles. The van der Waals surface area contributed by atoms with Crippen molar-refractivity contribution in [2.75, 3.05) is 39.0 Å². The standard InChI is InChI=1S/C42H67N5O3/c1-36(2,3)50-35(49)31(47-22-20-46(11)21-23-47)33(48)42-18-16-37(4,5)25-28(42)27-12-13-30-39(8)24-26-32(44-45-34(26)43)38(6,7)29(39)14-15-41(30,10)40(27,9)17-19-42/h12,28-31H,13-25H2,1-11H3,(H3,43,44,45)/t28?,29?,30?,31?,39-,40+,41+,42-/m0/s1. The minimum absolute atomic E-state index is 0.0205. The molecule has 3 N–H and O–H groups in total. The molecule has 3 saturated carbocycles. The van der Waals surface area contributed by atoms with Gasteiger partial charge < -0.3 is 15.4 Å². The summed E-state index contributed by atoms with van der Waals surface area (Å²) in [4.78, 5) is 34.2. The number of anilines is 1. The van der Waals surface area contributed by atoms with E-state index in [1.807, 2.05) is 20.8 Å². The average Bonchev–Trinajstić information content (AvgIpc) is 3.37. The molecule has 7 rings (SSSR count). The summed E-state index contributed by atoms with van der Waals surface area (Å²) >= 11 is 0. The number of nitrogens with two attached hydrogens (primary N) is 1. The molecule has 1 aromatic rings. The molecule has 5 aliphatic carbocycles. The molecule has 2 heterocycles. The number of esters is 1. The number of ether oxygens (including phenoxy) is 1. The number of hydrogen-bond acceptors (Lipinski definition) is 7. The number of ketones is 1. The van der Waals surface area contributed by atoms with Gasteiger partial charge in [-0.3, -0.25) is 14.8 Å². The Morgan fingerprint density at radius 2 is 1.62 bits per heavy atom. The van der Waals surface area contributed by atoms with Crippen LogP contribution in [0.1, 0.15) is 132 Å². The van der Waals surface area contributed by atoms with Gasteiger partial charge in [0.05, 0.1) is 0 Å². The van der Waals surface area contributed by atoms with Crippen LogP contribution in [0, 0.1) is 44.8 Å². The summed E-state index contributed by atoms with van der Waals surface area (Å²) in [6.07, 6.45) is 11.7. The van der Waals surface area contributed by atoms with Gasteiger partial charge in [0.15, 0.2) is 11.8 Å². The molecule has 0 amide bonds. The van der Waals surface area contributed by atoms with Crippen LogP contribution in [0.15, 0.2) is 11.6 Å². The number of Topliss-reactive ketones (excluding diaryl/α,β-unsaturated/α-hetero) is 1. The molecule has 6 aliphatic rings. The summed E-state index contributed by atoms with van der Waals surface area (Å²) < 4.78 is 6.08. The zero-order chi connectivity index (χ0) is 36.4. The molecule has 0 radical (unpaired) electrons. The van der Waals surface area contributed by atoms with Gasteiger partial charge in [0.2, 0.25) is 0 Å². The third kappa shape index (κ3) is 5.14. The normalized spacial score (nSPS) is 40.2. The number of nitrogen functional groups attached to an aromatic ring is 1. The van der Waals surface area contributed by atoms with Crippen LogP contribution in [0.5, 0.6) is 0 Å². The van der Waals surface area contributed by atoms with Crippen molar-refractivity contribution in [3.63, 3.8) is 0 Å². The molecular formula is C42H67N5O3. The molecule has 0 aromatic carbocycles. The number of likely N-dealkylation sites (N-methyl/N-ethyl adjacent to an activating group) is 1. The minimum atomic E-state index is -0.850. The van der Waals surface area contributed by atoms with E-state index in [-0.39, 0.29) is 44.7 Å². The van der Waals surface area contributed by atoms with Gasteiger partial charge in [-0.15, -0.1) is 0 Å². The summed E-state index contributed by atoms with van der Waals surface area (Å²) in [7, 11) is 2.12. The van der Waals surface area contributed by atoms with E-state index in [1.165, 1.54) is 29.7 Å². The van der Waals surface area contributed by atoms with E-state index in [4.69, 9.17) is 10.5 Å². The van der Waals surface area contributed by atoms with Gasteiger partial charge in [-0.1, -0.05) is 60.1 Å². The predicted octanol–water partition coefficient (Wildman–Crippen LogP) is 7.33. The molecule has 0 spiro atoms. The highest BCUT2D eigenvalue weighted by Gasteiger charge is 2.70. The van der Waals surface area contributed by atoms with E-state index < -0.39 is 17.1 Å². The lowest BCUT2D eigenvalue weighted by Crippen LogP contribution is -2.66. The van der Waals surface area contributed by atoms with Gasteiger partial charge in [-0.25, -0.2) is 4.79 Å². The maximum atomic E-state index is 15.5. The SMILES string of the molecule is CN1CCN(C(C(=O)OC(C)(C)C)C(=O)[C@]23CCC(C)(C)CC2C2=CCC4[C@@]5(C)Cc6c(N)n[nH]c6C(C)(C)C5CC[C@@]4(C)[C@]2(C)CC3)CC1. The topological polar surface area (TPSA) is 105 Å². The number of H-pyrrole nitrogens is 1. The Balaban J connectivity index is 1.30. The second kappa shape index (κ2) is 11.4.